The molecule has 2 aliphatic heterocycles. The number of para-hydroxylation sites is 1. The van der Waals surface area contributed by atoms with Crippen molar-refractivity contribution in [3.63, 3.8) is 0 Å². The van der Waals surface area contributed by atoms with E-state index in [4.69, 9.17) is 20.4 Å². The van der Waals surface area contributed by atoms with Crippen LogP contribution < -0.4 is 15.2 Å². The summed E-state index contributed by atoms with van der Waals surface area (Å²) in [6.07, 6.45) is 8.56. The first-order chi connectivity index (χ1) is 26.8. The van der Waals surface area contributed by atoms with Gasteiger partial charge in [-0.05, 0) is 77.3 Å². The molecule has 2 saturated carbocycles. The number of imidazole rings is 1. The third-order valence-corrected chi connectivity index (χ3v) is 15.2. The van der Waals surface area contributed by atoms with Gasteiger partial charge in [0.05, 0.1) is 40.0 Å². The number of nitrogens with zero attached hydrogens (tertiary/aromatic N) is 4. The van der Waals surface area contributed by atoms with Gasteiger partial charge in [0.25, 0.3) is 6.01 Å². The van der Waals surface area contributed by atoms with Crippen LogP contribution in [0.4, 0.5) is 0 Å². The topological polar surface area (TPSA) is 167 Å². The summed E-state index contributed by atoms with van der Waals surface area (Å²) in [6.45, 7) is 5.86. The molecule has 296 valence electrons. The maximum atomic E-state index is 14.5. The molecule has 0 bridgehead atoms. The Kier molecular flexibility index (Phi) is 10.2. The van der Waals surface area contributed by atoms with Crippen molar-refractivity contribution in [2.75, 3.05) is 6.54 Å². The van der Waals surface area contributed by atoms with Gasteiger partial charge in [-0.3, -0.25) is 23.7 Å². The van der Waals surface area contributed by atoms with Gasteiger partial charge in [0, 0.05) is 35.4 Å². The normalized spacial score (nSPS) is 27.3. The van der Waals surface area contributed by atoms with E-state index in [1.54, 1.807) is 18.3 Å². The first kappa shape index (κ1) is 38.5. The van der Waals surface area contributed by atoms with E-state index in [0.29, 0.717) is 31.7 Å². The number of ketones is 1. The zero-order valence-electron chi connectivity index (χ0n) is 32.1. The van der Waals surface area contributed by atoms with Crippen molar-refractivity contribution < 1.29 is 27.5 Å². The van der Waals surface area contributed by atoms with Gasteiger partial charge in [-0.1, -0.05) is 61.4 Å². The number of allylic oxidation sites excluding steroid dienone is 2. The van der Waals surface area contributed by atoms with Crippen LogP contribution in [0.3, 0.4) is 0 Å². The third kappa shape index (κ3) is 7.20. The summed E-state index contributed by atoms with van der Waals surface area (Å²) < 4.78 is 36.4. The number of sulfonamides is 1. The molecule has 12 nitrogen and oxygen atoms in total. The van der Waals surface area contributed by atoms with Gasteiger partial charge < -0.3 is 15.4 Å². The summed E-state index contributed by atoms with van der Waals surface area (Å²) in [5, 5.41) is 2.87. The Morgan fingerprint density at radius 3 is 2.59 bits per heavy atom. The lowest BCUT2D eigenvalue weighted by Crippen LogP contribution is -2.50. The monoisotopic (exact) mass is 798 g/mol. The number of Topliss-reactive ketones (excluding diaryl/α,β-unsaturated/α-hetero) is 1. The molecule has 0 radical (unpaired) electrons. The number of hydrogen-bond acceptors (Lipinski definition) is 10. The number of amides is 2. The van der Waals surface area contributed by atoms with Gasteiger partial charge in [-0.15, -0.1) is 11.3 Å². The highest BCUT2D eigenvalue weighted by atomic mass is 32.2. The summed E-state index contributed by atoms with van der Waals surface area (Å²) in [7, 11) is -3.91. The minimum Gasteiger partial charge on any atom is -0.459 e. The van der Waals surface area contributed by atoms with E-state index >= 15 is 0 Å². The van der Waals surface area contributed by atoms with E-state index in [0.717, 1.165) is 58.5 Å². The largest absolute Gasteiger partial charge is 0.459 e. The van der Waals surface area contributed by atoms with Crippen LogP contribution in [0.2, 0.25) is 0 Å². The van der Waals surface area contributed by atoms with Crippen LogP contribution in [0.25, 0.3) is 32.9 Å². The molecule has 4 aromatic rings. The van der Waals surface area contributed by atoms with Crippen molar-refractivity contribution in [3.05, 3.63) is 66.1 Å². The second-order valence-corrected chi connectivity index (χ2v) is 19.6. The lowest BCUT2D eigenvalue weighted by molar-refractivity contribution is -0.140. The minimum atomic E-state index is -3.91. The maximum Gasteiger partial charge on any atom is 0.297 e. The predicted octanol–water partition coefficient (Wildman–Crippen LogP) is 6.57. The summed E-state index contributed by atoms with van der Waals surface area (Å²) >= 11 is 1.55. The Morgan fingerprint density at radius 2 is 1.84 bits per heavy atom. The molecule has 3 N–H and O–H groups in total. The number of benzene rings is 2. The third-order valence-electron chi connectivity index (χ3n) is 12.2. The second-order valence-electron chi connectivity index (χ2n) is 16.6. The fraction of sp³-hybridized carbons (Fsp3) is 0.500. The SMILES string of the molecule is CC(C)n1c(O[C@@H]2C[C@H]3C(=O)C[C@]4(C(=O)NS(=O)(=O)C5(C)CC5)C[C@@H]4/C=C\CCCCC[C@H](N)C(=O)N3C2)nc2c(-c3nc(-c4ccccc4)cs3)cccc21. The molecule has 3 fully saturated rings. The standard InChI is InChI=1S/C42H50N6O6S2/c1-26(2)48-33-18-12-16-30(37-44-32(25-55-37)27-13-8-7-9-14-27)36(33)45-40(48)54-29-21-34-35(49)23-42(39(51)46-56(52,53)41(3)19-20-41)22-28(42)15-10-5-4-6-11-17-31(43)38(50)47(34)24-29/h7-10,12-16,18,25-26,28-29,31,34H,4-6,11,17,19-24,43H2,1-3H3,(H,46,51)/b15-10-/t28-,29+,31-,34-,42+/m0/s1. The highest BCUT2D eigenvalue weighted by Crippen LogP contribution is 2.57. The summed E-state index contributed by atoms with van der Waals surface area (Å²) in [4.78, 5) is 53.9. The average Bonchev–Trinajstić information content (AvgIpc) is 3.84. The molecule has 2 aliphatic carbocycles. The molecule has 0 spiro atoms. The van der Waals surface area contributed by atoms with E-state index in [1.807, 2.05) is 70.6 Å². The molecule has 2 aromatic carbocycles. The smallest absolute Gasteiger partial charge is 0.297 e. The molecule has 2 amide bonds. The van der Waals surface area contributed by atoms with Crippen molar-refractivity contribution >= 4 is 50.0 Å². The van der Waals surface area contributed by atoms with Crippen LogP contribution in [0.1, 0.15) is 91.0 Å². The zero-order valence-corrected chi connectivity index (χ0v) is 33.8. The Labute approximate surface area is 332 Å². The molecule has 14 heteroatoms. The van der Waals surface area contributed by atoms with E-state index in [1.165, 1.54) is 4.90 Å². The minimum absolute atomic E-state index is 0.0302. The van der Waals surface area contributed by atoms with E-state index in [2.05, 4.69) is 18.6 Å². The fourth-order valence-electron chi connectivity index (χ4n) is 8.32. The fourth-order valence-corrected chi connectivity index (χ4v) is 10.5. The molecule has 0 unspecified atom stereocenters. The first-order valence-corrected chi connectivity index (χ1v) is 22.2. The number of carbonyl (C=O) groups excluding carboxylic acids is 3. The molecule has 56 heavy (non-hydrogen) atoms. The number of hydrogen-bond donors (Lipinski definition) is 2. The Hall–Kier alpha value is -4.40. The number of carbonyl (C=O) groups is 3. The number of nitrogens with one attached hydrogen (secondary N) is 1. The van der Waals surface area contributed by atoms with Gasteiger partial charge in [0.1, 0.15) is 16.6 Å². The maximum absolute atomic E-state index is 14.5. The molecule has 4 heterocycles. The molecule has 1 saturated heterocycles. The number of thiazole rings is 1. The summed E-state index contributed by atoms with van der Waals surface area (Å²) in [6, 6.07) is 14.7. The van der Waals surface area contributed by atoms with Gasteiger partial charge in [0.15, 0.2) is 5.78 Å². The van der Waals surface area contributed by atoms with Crippen LogP contribution in [0.5, 0.6) is 6.01 Å². The van der Waals surface area contributed by atoms with Gasteiger partial charge in [-0.2, -0.15) is 4.98 Å². The van der Waals surface area contributed by atoms with E-state index in [-0.39, 0.29) is 43.0 Å². The second kappa shape index (κ2) is 14.8. The van der Waals surface area contributed by atoms with Crippen molar-refractivity contribution in [1.29, 1.82) is 0 Å². The number of nitrogens with two attached hydrogens (primary N) is 1. The molecule has 8 rings (SSSR count). The number of aromatic nitrogens is 3. The van der Waals surface area contributed by atoms with Crippen molar-refractivity contribution in [2.24, 2.45) is 17.1 Å². The lowest BCUT2D eigenvalue weighted by atomic mass is 9.91. The van der Waals surface area contributed by atoms with Crippen molar-refractivity contribution in [3.8, 4) is 27.8 Å². The van der Waals surface area contributed by atoms with Crippen LogP contribution in [0, 0.1) is 11.3 Å². The molecule has 4 aliphatic rings. The van der Waals surface area contributed by atoms with Crippen LogP contribution in [-0.2, 0) is 24.4 Å². The van der Waals surface area contributed by atoms with Crippen LogP contribution >= 0.6 is 11.3 Å². The number of rotatable bonds is 8. The summed E-state index contributed by atoms with van der Waals surface area (Å²) in [5.74, 6) is -1.54. The first-order valence-electron chi connectivity index (χ1n) is 19.8. The predicted molar refractivity (Wildman–Crippen MR) is 216 cm³/mol. The van der Waals surface area contributed by atoms with Crippen molar-refractivity contribution in [2.45, 2.75) is 114 Å². The summed E-state index contributed by atoms with van der Waals surface area (Å²) in [5.41, 5.74) is 9.70. The lowest BCUT2D eigenvalue weighted by Gasteiger charge is -2.27. The van der Waals surface area contributed by atoms with Gasteiger partial charge >= 0.3 is 0 Å². The van der Waals surface area contributed by atoms with E-state index < -0.39 is 44.3 Å². The Bertz CT molecular complexity index is 2300. The van der Waals surface area contributed by atoms with Gasteiger partial charge in [0.2, 0.25) is 21.8 Å². The highest BCUT2D eigenvalue weighted by Gasteiger charge is 2.62. The van der Waals surface area contributed by atoms with Gasteiger partial charge in [-0.25, -0.2) is 13.4 Å². The number of fused-ring (bicyclic) bond motifs is 3. The zero-order chi connectivity index (χ0) is 39.4. The van der Waals surface area contributed by atoms with E-state index in [9.17, 15) is 22.8 Å². The molecule has 5 atom stereocenters. The average molecular weight is 799 g/mol. The Balaban J connectivity index is 1.09. The quantitative estimate of drug-likeness (QED) is 0.188. The van der Waals surface area contributed by atoms with Crippen molar-refractivity contribution in [1.82, 2.24) is 24.2 Å². The highest BCUT2D eigenvalue weighted by molar-refractivity contribution is 7.91. The Morgan fingerprint density at radius 1 is 1.05 bits per heavy atom. The van der Waals surface area contributed by atoms with Crippen LogP contribution in [-0.4, -0.2) is 74.9 Å². The van der Waals surface area contributed by atoms with Crippen LogP contribution in [0.15, 0.2) is 66.1 Å². The molecular weight excluding hydrogens is 749 g/mol. The number of ether oxygens (including phenoxy) is 1. The molecule has 2 aromatic heterocycles. The molecular formula is C42H50N6O6S2.